The van der Waals surface area contributed by atoms with Crippen LogP contribution < -0.4 is 0 Å². The molecule has 150 valence electrons. The Balaban J connectivity index is 2.20. The summed E-state index contributed by atoms with van der Waals surface area (Å²) in [5.41, 5.74) is 2.01. The van der Waals surface area contributed by atoms with E-state index in [1.807, 2.05) is 12.1 Å². The molecule has 3 heteroatoms. The first-order valence-corrected chi connectivity index (χ1v) is 11.1. The van der Waals surface area contributed by atoms with Crippen molar-refractivity contribution in [1.29, 1.82) is 5.26 Å². The van der Waals surface area contributed by atoms with Crippen LogP contribution in [0.15, 0.2) is 59.1 Å². The van der Waals surface area contributed by atoms with Crippen molar-refractivity contribution >= 4 is 15.9 Å². The monoisotopic (exact) mass is 440 g/mol. The third-order valence-corrected chi connectivity index (χ3v) is 6.89. The molecule has 0 spiro atoms. The average molecular weight is 441 g/mol. The van der Waals surface area contributed by atoms with Gasteiger partial charge in [0.1, 0.15) is 0 Å². The number of nitrogens with zero attached hydrogens (tertiary/aromatic N) is 2. The summed E-state index contributed by atoms with van der Waals surface area (Å²) in [6.07, 6.45) is 2.95. The highest BCUT2D eigenvalue weighted by atomic mass is 79.9. The Kier molecular flexibility index (Phi) is 8.28. The molecule has 3 atom stereocenters. The zero-order valence-electron chi connectivity index (χ0n) is 17.8. The lowest BCUT2D eigenvalue weighted by atomic mass is 9.69. The minimum atomic E-state index is -0.453. The molecule has 0 saturated heterocycles. The molecule has 28 heavy (non-hydrogen) atoms. The molecule has 0 aliphatic heterocycles. The van der Waals surface area contributed by atoms with Crippen molar-refractivity contribution in [2.75, 3.05) is 7.05 Å². The van der Waals surface area contributed by atoms with Gasteiger partial charge in [-0.2, -0.15) is 5.26 Å². The van der Waals surface area contributed by atoms with Crippen LogP contribution in [0.1, 0.15) is 64.1 Å². The summed E-state index contributed by atoms with van der Waals surface area (Å²) in [5, 5.41) is 10.2. The zero-order valence-corrected chi connectivity index (χ0v) is 19.4. The lowest BCUT2D eigenvalue weighted by molar-refractivity contribution is 0.158. The third kappa shape index (κ3) is 5.04. The Morgan fingerprint density at radius 3 is 2.14 bits per heavy atom. The molecule has 0 fully saturated rings. The number of benzene rings is 2. The first-order valence-electron chi connectivity index (χ1n) is 10.3. The number of hydrogen-bond donors (Lipinski definition) is 0. The van der Waals surface area contributed by atoms with E-state index < -0.39 is 5.41 Å². The van der Waals surface area contributed by atoms with Gasteiger partial charge in [-0.15, -0.1) is 0 Å². The summed E-state index contributed by atoms with van der Waals surface area (Å²) < 4.78 is 1.05. The lowest BCUT2D eigenvalue weighted by Gasteiger charge is -2.37. The van der Waals surface area contributed by atoms with E-state index in [0.717, 1.165) is 29.3 Å². The van der Waals surface area contributed by atoms with Gasteiger partial charge in [0, 0.05) is 16.6 Å². The van der Waals surface area contributed by atoms with E-state index in [2.05, 4.69) is 104 Å². The van der Waals surface area contributed by atoms with Gasteiger partial charge in [0.25, 0.3) is 0 Å². The van der Waals surface area contributed by atoms with E-state index >= 15 is 0 Å². The quantitative estimate of drug-likeness (QED) is 0.414. The predicted molar refractivity (Wildman–Crippen MR) is 122 cm³/mol. The number of hydrogen-bond acceptors (Lipinski definition) is 2. The van der Waals surface area contributed by atoms with E-state index in [-0.39, 0.29) is 5.92 Å². The predicted octanol–water partition coefficient (Wildman–Crippen LogP) is 7.12. The van der Waals surface area contributed by atoms with Crippen LogP contribution in [0.2, 0.25) is 0 Å². The second kappa shape index (κ2) is 10.2. The summed E-state index contributed by atoms with van der Waals surface area (Å²) in [6.45, 7) is 8.86. The molecule has 0 bridgehead atoms. The van der Waals surface area contributed by atoms with Crippen molar-refractivity contribution in [3.05, 3.63) is 70.2 Å². The molecule has 2 aromatic rings. The zero-order chi connectivity index (χ0) is 20.7. The Labute approximate surface area is 179 Å². The van der Waals surface area contributed by atoms with Gasteiger partial charge in [-0.25, -0.2) is 0 Å². The van der Waals surface area contributed by atoms with Crippen LogP contribution in [-0.4, -0.2) is 18.0 Å². The summed E-state index contributed by atoms with van der Waals surface area (Å²) in [7, 11) is 2.22. The first kappa shape index (κ1) is 22.7. The minimum Gasteiger partial charge on any atom is -0.297 e. The fourth-order valence-electron chi connectivity index (χ4n) is 4.14. The van der Waals surface area contributed by atoms with Crippen LogP contribution in [-0.2, 0) is 5.41 Å². The molecule has 0 amide bonds. The largest absolute Gasteiger partial charge is 0.297 e. The SMILES string of the molecule is CCC(CCC(C#N)(c1ccc(Br)cc1)C(C)C)N(C)C(C)c1ccccc1. The summed E-state index contributed by atoms with van der Waals surface area (Å²) >= 11 is 3.51. The molecule has 0 aliphatic rings. The van der Waals surface area contributed by atoms with Crippen molar-refractivity contribution in [2.45, 2.75) is 64.5 Å². The lowest BCUT2D eigenvalue weighted by Crippen LogP contribution is -2.37. The van der Waals surface area contributed by atoms with Crippen LogP contribution in [0, 0.1) is 17.2 Å². The highest BCUT2D eigenvalue weighted by Crippen LogP contribution is 2.38. The van der Waals surface area contributed by atoms with Gasteiger partial charge in [-0.3, -0.25) is 4.90 Å². The first-order chi connectivity index (χ1) is 13.4. The summed E-state index contributed by atoms with van der Waals surface area (Å²) in [5.74, 6) is 0.257. The molecule has 2 nitrogen and oxygen atoms in total. The van der Waals surface area contributed by atoms with Crippen molar-refractivity contribution in [2.24, 2.45) is 5.92 Å². The summed E-state index contributed by atoms with van der Waals surface area (Å²) in [6, 6.07) is 22.5. The maximum atomic E-state index is 10.2. The molecule has 2 rings (SSSR count). The van der Waals surface area contributed by atoms with Gasteiger partial charge in [0.05, 0.1) is 11.5 Å². The second-order valence-corrected chi connectivity index (χ2v) is 9.01. The Hall–Kier alpha value is -1.63. The molecule has 2 aromatic carbocycles. The number of rotatable bonds is 9. The standard InChI is InChI=1S/C25H33BrN2/c1-6-24(28(5)20(4)21-10-8-7-9-11-21)16-17-25(18-27,19(2)3)22-12-14-23(26)15-13-22/h7-15,19-20,24H,6,16-17H2,1-5H3. The van der Waals surface area contributed by atoms with Crippen molar-refractivity contribution in [1.82, 2.24) is 4.90 Å². The number of nitriles is 1. The minimum absolute atomic E-state index is 0.257. The fourth-order valence-corrected chi connectivity index (χ4v) is 4.40. The molecule has 0 aromatic heterocycles. The number of halogens is 1. The summed E-state index contributed by atoms with van der Waals surface area (Å²) in [4.78, 5) is 2.47. The molecule has 0 aliphatic carbocycles. The van der Waals surface area contributed by atoms with Crippen molar-refractivity contribution in [3.8, 4) is 6.07 Å². The maximum Gasteiger partial charge on any atom is 0.0845 e. The Morgan fingerprint density at radius 2 is 1.64 bits per heavy atom. The Bertz CT molecular complexity index is 763. The van der Waals surface area contributed by atoms with E-state index in [9.17, 15) is 5.26 Å². The van der Waals surface area contributed by atoms with E-state index in [1.54, 1.807) is 0 Å². The van der Waals surface area contributed by atoms with Crippen LogP contribution in [0.4, 0.5) is 0 Å². The second-order valence-electron chi connectivity index (χ2n) is 8.10. The Morgan fingerprint density at radius 1 is 1.04 bits per heavy atom. The van der Waals surface area contributed by atoms with Crippen molar-refractivity contribution in [3.63, 3.8) is 0 Å². The average Bonchev–Trinajstić information content (AvgIpc) is 2.72. The van der Waals surface area contributed by atoms with Gasteiger partial charge >= 0.3 is 0 Å². The van der Waals surface area contributed by atoms with Crippen LogP contribution >= 0.6 is 15.9 Å². The molecular formula is C25H33BrN2. The van der Waals surface area contributed by atoms with Gasteiger partial charge in [-0.05, 0) is 62.4 Å². The third-order valence-electron chi connectivity index (χ3n) is 6.36. The molecule has 0 radical (unpaired) electrons. The van der Waals surface area contributed by atoms with Crippen LogP contribution in [0.5, 0.6) is 0 Å². The van der Waals surface area contributed by atoms with Gasteiger partial charge in [0.2, 0.25) is 0 Å². The van der Waals surface area contributed by atoms with Gasteiger partial charge in [0.15, 0.2) is 0 Å². The van der Waals surface area contributed by atoms with E-state index in [4.69, 9.17) is 0 Å². The fraction of sp³-hybridized carbons (Fsp3) is 0.480. The highest BCUT2D eigenvalue weighted by Gasteiger charge is 2.37. The topological polar surface area (TPSA) is 27.0 Å². The molecule has 3 unspecified atom stereocenters. The van der Waals surface area contributed by atoms with Crippen LogP contribution in [0.25, 0.3) is 0 Å². The van der Waals surface area contributed by atoms with Crippen molar-refractivity contribution < 1.29 is 0 Å². The smallest absolute Gasteiger partial charge is 0.0845 e. The van der Waals surface area contributed by atoms with E-state index in [0.29, 0.717) is 12.1 Å². The van der Waals surface area contributed by atoms with Crippen LogP contribution in [0.3, 0.4) is 0 Å². The highest BCUT2D eigenvalue weighted by molar-refractivity contribution is 9.10. The van der Waals surface area contributed by atoms with Gasteiger partial charge < -0.3 is 0 Å². The van der Waals surface area contributed by atoms with Gasteiger partial charge in [-0.1, -0.05) is 79.2 Å². The molecular weight excluding hydrogens is 408 g/mol. The maximum absolute atomic E-state index is 10.2. The molecule has 0 N–H and O–H groups in total. The normalized spacial score (nSPS) is 15.8. The molecule has 0 heterocycles. The van der Waals surface area contributed by atoms with E-state index in [1.165, 1.54) is 5.56 Å². The molecule has 0 saturated carbocycles.